The summed E-state index contributed by atoms with van der Waals surface area (Å²) >= 11 is 5.90. The second-order valence-corrected chi connectivity index (χ2v) is 6.27. The second-order valence-electron chi connectivity index (χ2n) is 5.83. The highest BCUT2D eigenvalue weighted by Gasteiger charge is 2.16. The smallest absolute Gasteiger partial charge is 0.262 e. The van der Waals surface area contributed by atoms with Gasteiger partial charge in [-0.3, -0.25) is 9.48 Å². The molecule has 3 rings (SSSR count). The molecular formula is C17H20ClN3O3. The molecule has 0 saturated carbocycles. The molecule has 1 amide bonds. The van der Waals surface area contributed by atoms with Crippen LogP contribution in [0.2, 0.25) is 5.02 Å². The van der Waals surface area contributed by atoms with Gasteiger partial charge in [-0.1, -0.05) is 11.6 Å². The summed E-state index contributed by atoms with van der Waals surface area (Å²) in [7, 11) is 0. The number of benzene rings is 1. The predicted octanol–water partition coefficient (Wildman–Crippen LogP) is 3.04. The Hall–Kier alpha value is -2.05. The molecule has 0 radical (unpaired) electrons. The minimum absolute atomic E-state index is 0.0701. The van der Waals surface area contributed by atoms with Crippen molar-refractivity contribution in [2.24, 2.45) is 0 Å². The number of aryl methyl sites for hydroxylation is 1. The van der Waals surface area contributed by atoms with Gasteiger partial charge < -0.3 is 14.8 Å². The Morgan fingerprint density at radius 3 is 3.17 bits per heavy atom. The summed E-state index contributed by atoms with van der Waals surface area (Å²) in [6.45, 7) is 3.33. The quantitative estimate of drug-likeness (QED) is 0.870. The van der Waals surface area contributed by atoms with Crippen molar-refractivity contribution >= 4 is 23.2 Å². The Bertz CT molecular complexity index is 711. The third-order valence-electron chi connectivity index (χ3n) is 3.83. The highest BCUT2D eigenvalue weighted by atomic mass is 35.5. The highest BCUT2D eigenvalue weighted by Crippen LogP contribution is 2.21. The number of carbonyl (C=O) groups is 1. The fraction of sp³-hybridized carbons (Fsp3) is 0.412. The van der Waals surface area contributed by atoms with Crippen molar-refractivity contribution in [1.29, 1.82) is 0 Å². The lowest BCUT2D eigenvalue weighted by Gasteiger charge is -2.09. The molecule has 2 heterocycles. The molecule has 0 spiro atoms. The molecule has 1 aromatic carbocycles. The molecule has 1 atom stereocenters. The van der Waals surface area contributed by atoms with E-state index < -0.39 is 0 Å². The zero-order valence-corrected chi connectivity index (χ0v) is 14.3. The first-order valence-electron chi connectivity index (χ1n) is 7.93. The largest absolute Gasteiger partial charge is 0.483 e. The molecule has 1 N–H and O–H groups in total. The number of aromatic nitrogens is 2. The van der Waals surface area contributed by atoms with Crippen molar-refractivity contribution in [1.82, 2.24) is 9.78 Å². The van der Waals surface area contributed by atoms with E-state index in [2.05, 4.69) is 10.4 Å². The van der Waals surface area contributed by atoms with E-state index in [1.807, 2.05) is 6.92 Å². The van der Waals surface area contributed by atoms with Crippen molar-refractivity contribution in [3.05, 3.63) is 41.2 Å². The predicted molar refractivity (Wildman–Crippen MR) is 91.5 cm³/mol. The van der Waals surface area contributed by atoms with E-state index >= 15 is 0 Å². The summed E-state index contributed by atoms with van der Waals surface area (Å²) in [4.78, 5) is 12.0. The summed E-state index contributed by atoms with van der Waals surface area (Å²) in [6.07, 6.45) is 5.78. The summed E-state index contributed by atoms with van der Waals surface area (Å²) in [5.74, 6) is 0.407. The van der Waals surface area contributed by atoms with Crippen molar-refractivity contribution < 1.29 is 14.3 Å². The molecule has 1 aliphatic heterocycles. The van der Waals surface area contributed by atoms with Gasteiger partial charge in [-0.25, -0.2) is 0 Å². The van der Waals surface area contributed by atoms with Gasteiger partial charge in [0.05, 0.1) is 24.5 Å². The van der Waals surface area contributed by atoms with E-state index in [0.717, 1.165) is 25.0 Å². The van der Waals surface area contributed by atoms with E-state index in [-0.39, 0.29) is 18.6 Å². The number of anilines is 1. The maximum atomic E-state index is 12.0. The molecule has 1 aliphatic rings. The molecule has 1 fully saturated rings. The van der Waals surface area contributed by atoms with E-state index in [1.54, 1.807) is 35.3 Å². The topological polar surface area (TPSA) is 65.4 Å². The molecule has 128 valence electrons. The van der Waals surface area contributed by atoms with Gasteiger partial charge >= 0.3 is 0 Å². The monoisotopic (exact) mass is 349 g/mol. The molecule has 0 bridgehead atoms. The van der Waals surface area contributed by atoms with Crippen LogP contribution in [-0.4, -0.2) is 35.0 Å². The van der Waals surface area contributed by atoms with Crippen molar-refractivity contribution in [3.63, 3.8) is 0 Å². The van der Waals surface area contributed by atoms with Gasteiger partial charge in [0.2, 0.25) is 0 Å². The Labute approximate surface area is 145 Å². The number of nitrogens with one attached hydrogen (secondary N) is 1. The number of carbonyl (C=O) groups excluding carboxylic acids is 1. The maximum Gasteiger partial charge on any atom is 0.262 e. The van der Waals surface area contributed by atoms with Crippen LogP contribution in [0.5, 0.6) is 5.75 Å². The summed E-state index contributed by atoms with van der Waals surface area (Å²) in [5, 5.41) is 7.66. The average molecular weight is 350 g/mol. The lowest BCUT2D eigenvalue weighted by molar-refractivity contribution is -0.118. The molecule has 24 heavy (non-hydrogen) atoms. The van der Waals surface area contributed by atoms with E-state index in [4.69, 9.17) is 21.1 Å². The molecule has 1 saturated heterocycles. The van der Waals surface area contributed by atoms with E-state index in [9.17, 15) is 4.79 Å². The molecule has 2 aromatic rings. The van der Waals surface area contributed by atoms with Crippen LogP contribution in [0.1, 0.15) is 18.4 Å². The molecule has 1 aromatic heterocycles. The number of hydrogen-bond acceptors (Lipinski definition) is 4. The summed E-state index contributed by atoms with van der Waals surface area (Å²) in [6, 6.07) is 5.28. The average Bonchev–Trinajstić information content (AvgIpc) is 3.19. The molecular weight excluding hydrogens is 330 g/mol. The second kappa shape index (κ2) is 7.68. The van der Waals surface area contributed by atoms with E-state index in [0.29, 0.717) is 23.0 Å². The van der Waals surface area contributed by atoms with Crippen LogP contribution in [-0.2, 0) is 16.1 Å². The SMILES string of the molecule is Cc1cc(Cl)ccc1OCC(=O)Nc1cnn(CC2CCCO2)c1. The number of amides is 1. The van der Waals surface area contributed by atoms with Crippen LogP contribution in [0.3, 0.4) is 0 Å². The zero-order chi connectivity index (χ0) is 16.9. The van der Waals surface area contributed by atoms with Crippen LogP contribution < -0.4 is 10.1 Å². The van der Waals surface area contributed by atoms with Gasteiger partial charge in [0.25, 0.3) is 5.91 Å². The van der Waals surface area contributed by atoms with Gasteiger partial charge in [0, 0.05) is 17.8 Å². The Kier molecular flexibility index (Phi) is 5.37. The fourth-order valence-corrected chi connectivity index (χ4v) is 2.87. The van der Waals surface area contributed by atoms with E-state index in [1.165, 1.54) is 0 Å². The standard InChI is InChI=1S/C17H20ClN3O3/c1-12-7-13(18)4-5-16(12)24-11-17(22)20-14-8-19-21(9-14)10-15-3-2-6-23-15/h4-5,7-9,15H,2-3,6,10-11H2,1H3,(H,20,22). The first-order chi connectivity index (χ1) is 11.6. The van der Waals surface area contributed by atoms with Crippen molar-refractivity contribution in [2.75, 3.05) is 18.5 Å². The minimum atomic E-state index is -0.235. The Morgan fingerprint density at radius 2 is 2.42 bits per heavy atom. The Morgan fingerprint density at radius 1 is 1.54 bits per heavy atom. The maximum absolute atomic E-state index is 12.0. The number of nitrogens with zero attached hydrogens (tertiary/aromatic N) is 2. The molecule has 0 aliphatic carbocycles. The molecule has 7 heteroatoms. The lowest BCUT2D eigenvalue weighted by atomic mass is 10.2. The van der Waals surface area contributed by atoms with Crippen LogP contribution in [0.15, 0.2) is 30.6 Å². The van der Waals surface area contributed by atoms with Gasteiger partial charge in [-0.05, 0) is 43.5 Å². The first-order valence-corrected chi connectivity index (χ1v) is 8.31. The minimum Gasteiger partial charge on any atom is -0.483 e. The zero-order valence-electron chi connectivity index (χ0n) is 13.5. The lowest BCUT2D eigenvalue weighted by Crippen LogP contribution is -2.20. The third-order valence-corrected chi connectivity index (χ3v) is 4.06. The molecule has 6 nitrogen and oxygen atoms in total. The fourth-order valence-electron chi connectivity index (χ4n) is 2.64. The van der Waals surface area contributed by atoms with Gasteiger partial charge in [0.15, 0.2) is 6.61 Å². The Balaban J connectivity index is 1.48. The highest BCUT2D eigenvalue weighted by molar-refractivity contribution is 6.30. The van der Waals surface area contributed by atoms with Gasteiger partial charge in [-0.15, -0.1) is 0 Å². The number of hydrogen-bond donors (Lipinski definition) is 1. The number of ether oxygens (including phenoxy) is 2. The molecule has 1 unspecified atom stereocenters. The van der Waals surface area contributed by atoms with Crippen LogP contribution in [0.25, 0.3) is 0 Å². The summed E-state index contributed by atoms with van der Waals surface area (Å²) in [5.41, 5.74) is 1.54. The first kappa shape index (κ1) is 16.8. The van der Waals surface area contributed by atoms with Gasteiger partial charge in [0.1, 0.15) is 5.75 Å². The third kappa shape index (κ3) is 4.49. The van der Waals surface area contributed by atoms with Crippen molar-refractivity contribution in [2.45, 2.75) is 32.4 Å². The van der Waals surface area contributed by atoms with Gasteiger partial charge in [-0.2, -0.15) is 5.10 Å². The number of rotatable bonds is 6. The number of halogens is 1. The van der Waals surface area contributed by atoms with Crippen LogP contribution in [0, 0.1) is 6.92 Å². The van der Waals surface area contributed by atoms with Crippen LogP contribution >= 0.6 is 11.6 Å². The normalized spacial score (nSPS) is 17.0. The van der Waals surface area contributed by atoms with Crippen molar-refractivity contribution in [3.8, 4) is 5.75 Å². The van der Waals surface area contributed by atoms with Crippen LogP contribution in [0.4, 0.5) is 5.69 Å². The summed E-state index contributed by atoms with van der Waals surface area (Å²) < 4.78 is 12.9.